The van der Waals surface area contributed by atoms with Gasteiger partial charge in [-0.2, -0.15) is 12.6 Å². The first-order valence-corrected chi connectivity index (χ1v) is 7.86. The molecule has 0 aliphatic carbocycles. The highest BCUT2D eigenvalue weighted by molar-refractivity contribution is 7.80. The zero-order valence-corrected chi connectivity index (χ0v) is 12.8. The number of ether oxygens (including phenoxy) is 1. The molecule has 2 saturated heterocycles. The first kappa shape index (κ1) is 14.6. The topological polar surface area (TPSA) is 15.7 Å². The van der Waals surface area contributed by atoms with E-state index in [9.17, 15) is 0 Å². The van der Waals surface area contributed by atoms with Gasteiger partial charge in [-0.3, -0.25) is 0 Å². The van der Waals surface area contributed by atoms with Crippen LogP contribution in [-0.2, 0) is 4.74 Å². The maximum absolute atomic E-state index is 5.50. The summed E-state index contributed by atoms with van der Waals surface area (Å²) in [6.07, 6.45) is 5.06. The second-order valence-electron chi connectivity index (χ2n) is 6.24. The first-order chi connectivity index (χ1) is 8.65. The SMILES string of the molecule is CN(CC1CCCN1C)CC1(CS)CCOCC1. The maximum atomic E-state index is 5.50. The van der Waals surface area contributed by atoms with Crippen molar-refractivity contribution in [2.75, 3.05) is 52.7 Å². The molecule has 0 bridgehead atoms. The number of hydrogen-bond acceptors (Lipinski definition) is 4. The molecule has 2 fully saturated rings. The largest absolute Gasteiger partial charge is 0.381 e. The third kappa shape index (κ3) is 3.62. The van der Waals surface area contributed by atoms with Crippen LogP contribution in [0.3, 0.4) is 0 Å². The summed E-state index contributed by atoms with van der Waals surface area (Å²) in [5.74, 6) is 0.987. The minimum absolute atomic E-state index is 0.382. The van der Waals surface area contributed by atoms with Crippen LogP contribution in [-0.4, -0.2) is 68.5 Å². The highest BCUT2D eigenvalue weighted by atomic mass is 32.1. The summed E-state index contributed by atoms with van der Waals surface area (Å²) in [6.45, 7) is 5.47. The molecule has 3 nitrogen and oxygen atoms in total. The van der Waals surface area contributed by atoms with Crippen molar-refractivity contribution in [3.05, 3.63) is 0 Å². The lowest BCUT2D eigenvalue weighted by Gasteiger charge is -2.40. The van der Waals surface area contributed by atoms with E-state index < -0.39 is 0 Å². The van der Waals surface area contributed by atoms with Gasteiger partial charge in [0.15, 0.2) is 0 Å². The van der Waals surface area contributed by atoms with Crippen LogP contribution in [0.5, 0.6) is 0 Å². The third-order valence-corrected chi connectivity index (χ3v) is 5.36. The normalized spacial score (nSPS) is 29.0. The number of rotatable bonds is 5. The van der Waals surface area contributed by atoms with Crippen molar-refractivity contribution < 1.29 is 4.74 Å². The van der Waals surface area contributed by atoms with Crippen molar-refractivity contribution in [3.63, 3.8) is 0 Å². The predicted octanol–water partition coefficient (Wildman–Crippen LogP) is 1.74. The molecule has 0 spiro atoms. The molecule has 2 rings (SSSR count). The molecule has 2 heterocycles. The van der Waals surface area contributed by atoms with E-state index in [-0.39, 0.29) is 0 Å². The highest BCUT2D eigenvalue weighted by Crippen LogP contribution is 2.32. The lowest BCUT2D eigenvalue weighted by molar-refractivity contribution is 0.00920. The molecule has 1 atom stereocenters. The van der Waals surface area contributed by atoms with Gasteiger partial charge < -0.3 is 14.5 Å². The van der Waals surface area contributed by atoms with Crippen LogP contribution in [0.15, 0.2) is 0 Å². The molecule has 1 unspecified atom stereocenters. The molecular weight excluding hydrogens is 244 g/mol. The predicted molar refractivity (Wildman–Crippen MR) is 79.5 cm³/mol. The van der Waals surface area contributed by atoms with Gasteiger partial charge in [0, 0.05) is 32.3 Å². The second kappa shape index (κ2) is 6.60. The van der Waals surface area contributed by atoms with Gasteiger partial charge in [-0.15, -0.1) is 0 Å². The van der Waals surface area contributed by atoms with Crippen molar-refractivity contribution in [2.24, 2.45) is 5.41 Å². The molecule has 0 aromatic heterocycles. The molecule has 0 aromatic carbocycles. The van der Waals surface area contributed by atoms with Gasteiger partial charge in [-0.05, 0) is 57.5 Å². The number of thiol groups is 1. The first-order valence-electron chi connectivity index (χ1n) is 7.23. The molecule has 0 aromatic rings. The van der Waals surface area contributed by atoms with Crippen molar-refractivity contribution in [2.45, 2.75) is 31.7 Å². The molecule has 2 aliphatic heterocycles. The van der Waals surface area contributed by atoms with Gasteiger partial charge in [0.05, 0.1) is 0 Å². The summed E-state index contributed by atoms with van der Waals surface area (Å²) in [5.41, 5.74) is 0.382. The van der Waals surface area contributed by atoms with E-state index in [1.165, 1.54) is 45.3 Å². The van der Waals surface area contributed by atoms with Crippen LogP contribution in [0.25, 0.3) is 0 Å². The summed E-state index contributed by atoms with van der Waals surface area (Å²) in [5, 5.41) is 0. The summed E-state index contributed by atoms with van der Waals surface area (Å²) >= 11 is 4.60. The molecule has 4 heteroatoms. The average Bonchev–Trinajstić information content (AvgIpc) is 2.76. The van der Waals surface area contributed by atoms with E-state index in [0.29, 0.717) is 5.41 Å². The van der Waals surface area contributed by atoms with Gasteiger partial charge in [0.2, 0.25) is 0 Å². The lowest BCUT2D eigenvalue weighted by Crippen LogP contribution is -2.45. The number of likely N-dealkylation sites (tertiary alicyclic amines) is 1. The Balaban J connectivity index is 1.83. The summed E-state index contributed by atoms with van der Waals surface area (Å²) in [6, 6.07) is 0.756. The van der Waals surface area contributed by atoms with Crippen LogP contribution < -0.4 is 0 Å². The Morgan fingerprint density at radius 2 is 2.11 bits per heavy atom. The minimum Gasteiger partial charge on any atom is -0.381 e. The molecule has 0 N–H and O–H groups in total. The number of likely N-dealkylation sites (N-methyl/N-ethyl adjacent to an activating group) is 2. The quantitative estimate of drug-likeness (QED) is 0.768. The lowest BCUT2D eigenvalue weighted by atomic mass is 9.81. The molecule has 0 amide bonds. The fourth-order valence-corrected chi connectivity index (χ4v) is 3.79. The van der Waals surface area contributed by atoms with E-state index >= 15 is 0 Å². The van der Waals surface area contributed by atoms with E-state index in [4.69, 9.17) is 4.74 Å². The smallest absolute Gasteiger partial charge is 0.0472 e. The minimum atomic E-state index is 0.382. The Bertz CT molecular complexity index is 256. The third-order valence-electron chi connectivity index (χ3n) is 4.69. The molecule has 0 radical (unpaired) electrons. The van der Waals surface area contributed by atoms with Crippen LogP contribution >= 0.6 is 12.6 Å². The summed E-state index contributed by atoms with van der Waals surface area (Å²) < 4.78 is 5.50. The van der Waals surface area contributed by atoms with Crippen molar-refractivity contribution in [1.29, 1.82) is 0 Å². The van der Waals surface area contributed by atoms with Crippen LogP contribution in [0, 0.1) is 5.41 Å². The Kier molecular flexibility index (Phi) is 5.36. The molecule has 0 saturated carbocycles. The van der Waals surface area contributed by atoms with Crippen molar-refractivity contribution in [1.82, 2.24) is 9.80 Å². The van der Waals surface area contributed by atoms with Gasteiger partial charge in [0.1, 0.15) is 0 Å². The molecule has 2 aliphatic rings. The van der Waals surface area contributed by atoms with Gasteiger partial charge in [0.25, 0.3) is 0 Å². The maximum Gasteiger partial charge on any atom is 0.0472 e. The Morgan fingerprint density at radius 1 is 1.39 bits per heavy atom. The molecule has 18 heavy (non-hydrogen) atoms. The van der Waals surface area contributed by atoms with Crippen molar-refractivity contribution in [3.8, 4) is 0 Å². The van der Waals surface area contributed by atoms with Gasteiger partial charge >= 0.3 is 0 Å². The van der Waals surface area contributed by atoms with E-state index in [1.54, 1.807) is 0 Å². The highest BCUT2D eigenvalue weighted by Gasteiger charge is 2.33. The van der Waals surface area contributed by atoms with Crippen LogP contribution in [0.4, 0.5) is 0 Å². The zero-order chi connectivity index (χ0) is 13.0. The molecular formula is C14H28N2OS. The van der Waals surface area contributed by atoms with Gasteiger partial charge in [-0.1, -0.05) is 0 Å². The van der Waals surface area contributed by atoms with Crippen LogP contribution in [0.2, 0.25) is 0 Å². The van der Waals surface area contributed by atoms with E-state index in [1.807, 2.05) is 0 Å². The Labute approximate surface area is 117 Å². The fourth-order valence-electron chi connectivity index (χ4n) is 3.38. The summed E-state index contributed by atoms with van der Waals surface area (Å²) in [7, 11) is 4.53. The zero-order valence-electron chi connectivity index (χ0n) is 11.9. The molecule has 106 valence electrons. The van der Waals surface area contributed by atoms with E-state index in [2.05, 4.69) is 36.5 Å². The average molecular weight is 272 g/mol. The van der Waals surface area contributed by atoms with Crippen LogP contribution in [0.1, 0.15) is 25.7 Å². The fraction of sp³-hybridized carbons (Fsp3) is 1.00. The number of nitrogens with zero attached hydrogens (tertiary/aromatic N) is 2. The second-order valence-corrected chi connectivity index (χ2v) is 6.56. The Morgan fingerprint density at radius 3 is 2.67 bits per heavy atom. The monoisotopic (exact) mass is 272 g/mol. The van der Waals surface area contributed by atoms with E-state index in [0.717, 1.165) is 25.0 Å². The van der Waals surface area contributed by atoms with Crippen molar-refractivity contribution >= 4 is 12.6 Å². The summed E-state index contributed by atoms with van der Waals surface area (Å²) in [4.78, 5) is 5.03. The van der Waals surface area contributed by atoms with Gasteiger partial charge in [-0.25, -0.2) is 0 Å². The standard InChI is InChI=1S/C14H28N2OS/c1-15(10-13-4-3-7-16(13)2)11-14(12-18)5-8-17-9-6-14/h13,18H,3-12H2,1-2H3. The Hall–Kier alpha value is 0.230. The number of hydrogen-bond donors (Lipinski definition) is 1.